The Balaban J connectivity index is 1.95. The Morgan fingerprint density at radius 3 is 2.56 bits per heavy atom. The predicted molar refractivity (Wildman–Crippen MR) is 119 cm³/mol. The van der Waals surface area contributed by atoms with Gasteiger partial charge in [0.2, 0.25) is 0 Å². The number of rotatable bonds is 5. The minimum absolute atomic E-state index is 0.0514. The van der Waals surface area contributed by atoms with E-state index in [9.17, 15) is 22.8 Å². The third-order valence-electron chi connectivity index (χ3n) is 4.70. The molecule has 1 heterocycles. The molecule has 32 heavy (non-hydrogen) atoms. The summed E-state index contributed by atoms with van der Waals surface area (Å²) in [6, 6.07) is 8.86. The first-order valence-corrected chi connectivity index (χ1v) is 10.3. The first kappa shape index (κ1) is 23.7. The number of thiocarbonyl (C=S) groups is 1. The molecule has 0 unspecified atom stereocenters. The fourth-order valence-corrected chi connectivity index (χ4v) is 3.40. The number of carbonyl (C=O) groups is 2. The smallest absolute Gasteiger partial charge is 0.416 e. The average molecular weight is 483 g/mol. The summed E-state index contributed by atoms with van der Waals surface area (Å²) in [6.45, 7) is 3.85. The lowest BCUT2D eigenvalue weighted by Gasteiger charge is -2.29. The monoisotopic (exact) mass is 482 g/mol. The molecule has 1 atom stereocenters. The molecule has 2 aromatic rings. The SMILES string of the molecule is CC[C@@H](C)Oc1ccc(/C=C2\C(=O)NC(=S)N(c3cccc(C(F)(F)F)c3)C2=O)cc1Cl. The van der Waals surface area contributed by atoms with Gasteiger partial charge in [0.05, 0.1) is 22.4 Å². The summed E-state index contributed by atoms with van der Waals surface area (Å²) in [6.07, 6.45) is -2.58. The summed E-state index contributed by atoms with van der Waals surface area (Å²) in [4.78, 5) is 26.3. The number of hydrogen-bond acceptors (Lipinski definition) is 4. The molecular formula is C22H18ClF3N2O3S. The van der Waals surface area contributed by atoms with Crippen LogP contribution < -0.4 is 15.0 Å². The minimum atomic E-state index is -4.60. The minimum Gasteiger partial charge on any atom is -0.489 e. The second-order valence-corrected chi connectivity index (χ2v) is 7.83. The number of ether oxygens (including phenoxy) is 1. The van der Waals surface area contributed by atoms with Crippen molar-refractivity contribution in [1.82, 2.24) is 5.32 Å². The number of amides is 2. The molecule has 0 bridgehead atoms. The van der Waals surface area contributed by atoms with E-state index in [1.165, 1.54) is 18.2 Å². The number of nitrogens with one attached hydrogen (secondary N) is 1. The molecule has 0 radical (unpaired) electrons. The molecule has 168 valence electrons. The van der Waals surface area contributed by atoms with Gasteiger partial charge in [0.1, 0.15) is 11.3 Å². The van der Waals surface area contributed by atoms with Gasteiger partial charge in [-0.2, -0.15) is 13.2 Å². The predicted octanol–water partition coefficient (Wildman–Crippen LogP) is 5.37. The zero-order chi connectivity index (χ0) is 23.6. The molecule has 3 rings (SSSR count). The highest BCUT2D eigenvalue weighted by molar-refractivity contribution is 7.80. The third kappa shape index (κ3) is 5.11. The van der Waals surface area contributed by atoms with Crippen molar-refractivity contribution in [1.29, 1.82) is 0 Å². The van der Waals surface area contributed by atoms with Crippen LogP contribution in [0.15, 0.2) is 48.0 Å². The van der Waals surface area contributed by atoms with Gasteiger partial charge >= 0.3 is 6.18 Å². The van der Waals surface area contributed by atoms with E-state index in [4.69, 9.17) is 28.6 Å². The standard InChI is InChI=1S/C22H18ClF3N2O3S/c1-3-12(2)31-18-8-7-13(10-17(18)23)9-16-19(29)27-21(32)28(20(16)30)15-6-4-5-14(11-15)22(24,25)26/h4-12H,3H2,1-2H3,(H,27,29,32)/b16-9+/t12-/m1/s1. The highest BCUT2D eigenvalue weighted by atomic mass is 35.5. The first-order chi connectivity index (χ1) is 15.0. The van der Waals surface area contributed by atoms with E-state index in [0.29, 0.717) is 11.3 Å². The van der Waals surface area contributed by atoms with Crippen LogP contribution in [0.4, 0.5) is 18.9 Å². The van der Waals surface area contributed by atoms with Crippen LogP contribution in [-0.2, 0) is 15.8 Å². The molecule has 10 heteroatoms. The van der Waals surface area contributed by atoms with E-state index < -0.39 is 23.6 Å². The van der Waals surface area contributed by atoms with Gasteiger partial charge in [-0.15, -0.1) is 0 Å². The van der Waals surface area contributed by atoms with Gasteiger partial charge in [0.25, 0.3) is 11.8 Å². The van der Waals surface area contributed by atoms with Crippen molar-refractivity contribution in [2.75, 3.05) is 4.90 Å². The summed E-state index contributed by atoms with van der Waals surface area (Å²) in [5, 5.41) is 2.31. The molecular weight excluding hydrogens is 465 g/mol. The molecule has 2 amide bonds. The van der Waals surface area contributed by atoms with Crippen molar-refractivity contribution in [2.24, 2.45) is 0 Å². The van der Waals surface area contributed by atoms with Crippen LogP contribution >= 0.6 is 23.8 Å². The highest BCUT2D eigenvalue weighted by Gasteiger charge is 2.36. The second kappa shape index (κ2) is 9.30. The summed E-state index contributed by atoms with van der Waals surface area (Å²) in [5.74, 6) is -1.16. The van der Waals surface area contributed by atoms with Crippen LogP contribution in [0.1, 0.15) is 31.4 Å². The number of benzene rings is 2. The molecule has 1 aliphatic rings. The molecule has 0 saturated carbocycles. The number of halogens is 4. The van der Waals surface area contributed by atoms with Crippen LogP contribution in [-0.4, -0.2) is 23.0 Å². The Morgan fingerprint density at radius 2 is 1.94 bits per heavy atom. The maximum absolute atomic E-state index is 13.1. The van der Waals surface area contributed by atoms with Gasteiger partial charge in [-0.3, -0.25) is 19.8 Å². The number of nitrogens with zero attached hydrogens (tertiary/aromatic N) is 1. The molecule has 1 N–H and O–H groups in total. The van der Waals surface area contributed by atoms with E-state index in [1.54, 1.807) is 12.1 Å². The van der Waals surface area contributed by atoms with Crippen molar-refractivity contribution in [2.45, 2.75) is 32.5 Å². The zero-order valence-electron chi connectivity index (χ0n) is 17.0. The number of anilines is 1. The maximum Gasteiger partial charge on any atom is 0.416 e. The first-order valence-electron chi connectivity index (χ1n) is 9.56. The van der Waals surface area contributed by atoms with Gasteiger partial charge in [-0.05, 0) is 67.5 Å². The second-order valence-electron chi connectivity index (χ2n) is 7.03. The lowest BCUT2D eigenvalue weighted by Crippen LogP contribution is -2.54. The Bertz CT molecular complexity index is 1120. The lowest BCUT2D eigenvalue weighted by molar-refractivity contribution is -0.137. The normalized spacial score (nSPS) is 16.9. The highest BCUT2D eigenvalue weighted by Crippen LogP contribution is 2.33. The molecule has 0 spiro atoms. The van der Waals surface area contributed by atoms with Crippen LogP contribution in [0, 0.1) is 0 Å². The average Bonchev–Trinajstić information content (AvgIpc) is 2.72. The fraction of sp³-hybridized carbons (Fsp3) is 0.227. The summed E-state index contributed by atoms with van der Waals surface area (Å²) >= 11 is 11.3. The van der Waals surface area contributed by atoms with Crippen molar-refractivity contribution in [3.05, 3.63) is 64.2 Å². The molecule has 0 aliphatic carbocycles. The van der Waals surface area contributed by atoms with Crippen molar-refractivity contribution >= 4 is 52.5 Å². The summed E-state index contributed by atoms with van der Waals surface area (Å²) in [5.41, 5.74) is -0.933. The molecule has 2 aromatic carbocycles. The maximum atomic E-state index is 13.1. The molecule has 1 aliphatic heterocycles. The van der Waals surface area contributed by atoms with E-state index >= 15 is 0 Å². The van der Waals surface area contributed by atoms with Crippen molar-refractivity contribution in [3.63, 3.8) is 0 Å². The van der Waals surface area contributed by atoms with E-state index in [1.807, 2.05) is 13.8 Å². The number of hydrogen-bond donors (Lipinski definition) is 1. The van der Waals surface area contributed by atoms with Crippen molar-refractivity contribution in [3.8, 4) is 5.75 Å². The summed E-state index contributed by atoms with van der Waals surface area (Å²) < 4.78 is 45.0. The van der Waals surface area contributed by atoms with Gasteiger partial charge in [-0.1, -0.05) is 30.7 Å². The Hall–Kier alpha value is -2.91. The van der Waals surface area contributed by atoms with Gasteiger partial charge in [0, 0.05) is 0 Å². The zero-order valence-corrected chi connectivity index (χ0v) is 18.6. The van der Waals surface area contributed by atoms with Crippen LogP contribution in [0.5, 0.6) is 5.75 Å². The molecule has 0 aromatic heterocycles. The number of alkyl halides is 3. The Labute approximate surface area is 192 Å². The number of carbonyl (C=O) groups excluding carboxylic acids is 2. The van der Waals surface area contributed by atoms with Gasteiger partial charge in [-0.25, -0.2) is 0 Å². The largest absolute Gasteiger partial charge is 0.489 e. The van der Waals surface area contributed by atoms with E-state index in [2.05, 4.69) is 5.32 Å². The fourth-order valence-electron chi connectivity index (χ4n) is 2.88. The van der Waals surface area contributed by atoms with Crippen LogP contribution in [0.25, 0.3) is 6.08 Å². The quantitative estimate of drug-likeness (QED) is 0.354. The Kier molecular flexibility index (Phi) is 6.90. The van der Waals surface area contributed by atoms with Crippen molar-refractivity contribution < 1.29 is 27.5 Å². The van der Waals surface area contributed by atoms with Gasteiger partial charge < -0.3 is 4.74 Å². The lowest BCUT2D eigenvalue weighted by atomic mass is 10.1. The van der Waals surface area contributed by atoms with E-state index in [0.717, 1.165) is 29.5 Å². The summed E-state index contributed by atoms with van der Waals surface area (Å²) in [7, 11) is 0. The topological polar surface area (TPSA) is 58.6 Å². The molecule has 1 saturated heterocycles. The van der Waals surface area contributed by atoms with Crippen LogP contribution in [0.2, 0.25) is 5.02 Å². The molecule has 1 fully saturated rings. The van der Waals surface area contributed by atoms with Crippen LogP contribution in [0.3, 0.4) is 0 Å². The van der Waals surface area contributed by atoms with E-state index in [-0.39, 0.29) is 27.5 Å². The molecule has 5 nitrogen and oxygen atoms in total. The Morgan fingerprint density at radius 1 is 1.22 bits per heavy atom. The third-order valence-corrected chi connectivity index (χ3v) is 5.28. The van der Waals surface area contributed by atoms with Gasteiger partial charge in [0.15, 0.2) is 5.11 Å².